The molecule has 2 heterocycles. The molecule has 0 N–H and O–H groups in total. The summed E-state index contributed by atoms with van der Waals surface area (Å²) >= 11 is 0. The summed E-state index contributed by atoms with van der Waals surface area (Å²) in [5.74, 6) is -0.190. The minimum atomic E-state index is -0.375. The van der Waals surface area contributed by atoms with Gasteiger partial charge in [0.25, 0.3) is 0 Å². The van der Waals surface area contributed by atoms with Crippen LogP contribution in [0.25, 0.3) is 6.08 Å². The zero-order valence-electron chi connectivity index (χ0n) is 15.0. The molecule has 0 spiro atoms. The van der Waals surface area contributed by atoms with E-state index in [9.17, 15) is 9.18 Å². The summed E-state index contributed by atoms with van der Waals surface area (Å²) in [6.07, 6.45) is 4.41. The molecule has 5 heteroatoms. The van der Waals surface area contributed by atoms with Crippen LogP contribution in [0.1, 0.15) is 29.7 Å². The number of ether oxygens (including phenoxy) is 1. The normalized spacial score (nSPS) is 19.0. The molecule has 0 bridgehead atoms. The van der Waals surface area contributed by atoms with Crippen LogP contribution in [-0.4, -0.2) is 24.2 Å². The molecule has 0 saturated carbocycles. The molecular weight excluding hydrogens is 345 g/mol. The average molecular weight is 365 g/mol. The fourth-order valence-electron chi connectivity index (χ4n) is 3.54. The van der Waals surface area contributed by atoms with Crippen molar-refractivity contribution in [2.75, 3.05) is 13.2 Å². The van der Waals surface area contributed by atoms with Crippen LogP contribution < -0.4 is 0 Å². The van der Waals surface area contributed by atoms with E-state index in [1.54, 1.807) is 31.2 Å². The van der Waals surface area contributed by atoms with Gasteiger partial charge in [0.05, 0.1) is 6.61 Å². The number of esters is 1. The third-order valence-corrected chi connectivity index (χ3v) is 4.79. The highest BCUT2D eigenvalue weighted by Gasteiger charge is 2.42. The van der Waals surface area contributed by atoms with Gasteiger partial charge in [-0.1, -0.05) is 42.5 Å². The summed E-state index contributed by atoms with van der Waals surface area (Å²) in [4.78, 5) is 18.7. The van der Waals surface area contributed by atoms with Crippen molar-refractivity contribution in [3.8, 4) is 0 Å². The van der Waals surface area contributed by atoms with E-state index in [-0.39, 0.29) is 17.8 Å². The van der Waals surface area contributed by atoms with E-state index in [4.69, 9.17) is 9.57 Å². The number of rotatable bonds is 4. The minimum absolute atomic E-state index is 0.276. The number of halogens is 1. The Labute approximate surface area is 157 Å². The van der Waals surface area contributed by atoms with Gasteiger partial charge >= 0.3 is 5.97 Å². The van der Waals surface area contributed by atoms with Gasteiger partial charge in [0, 0.05) is 6.54 Å². The van der Waals surface area contributed by atoms with Crippen LogP contribution in [0.2, 0.25) is 0 Å². The number of hydroxylamine groups is 2. The summed E-state index contributed by atoms with van der Waals surface area (Å²) in [6, 6.07) is 14.0. The third-order valence-electron chi connectivity index (χ3n) is 4.79. The fourth-order valence-corrected chi connectivity index (χ4v) is 3.54. The first-order valence-electron chi connectivity index (χ1n) is 9.04. The number of carbonyl (C=O) groups excluding carboxylic acids is 1. The molecule has 2 aromatic carbocycles. The molecule has 4 rings (SSSR count). The van der Waals surface area contributed by atoms with Crippen LogP contribution in [-0.2, 0) is 20.8 Å². The molecule has 2 aromatic rings. The zero-order chi connectivity index (χ0) is 18.8. The van der Waals surface area contributed by atoms with Crippen LogP contribution >= 0.6 is 0 Å². The second kappa shape index (κ2) is 7.37. The van der Waals surface area contributed by atoms with E-state index in [2.05, 4.69) is 6.07 Å². The Morgan fingerprint density at radius 1 is 1.22 bits per heavy atom. The minimum Gasteiger partial charge on any atom is -0.462 e. The van der Waals surface area contributed by atoms with Crippen molar-refractivity contribution in [1.29, 1.82) is 0 Å². The highest BCUT2D eigenvalue weighted by atomic mass is 19.1. The lowest BCUT2D eigenvalue weighted by molar-refractivity contribution is -0.141. The Balaban J connectivity index is 1.73. The highest BCUT2D eigenvalue weighted by molar-refractivity contribution is 5.92. The molecule has 0 aliphatic carbocycles. The monoisotopic (exact) mass is 365 g/mol. The van der Waals surface area contributed by atoms with Gasteiger partial charge in [0.2, 0.25) is 0 Å². The van der Waals surface area contributed by atoms with E-state index in [1.165, 1.54) is 17.7 Å². The lowest BCUT2D eigenvalue weighted by Gasteiger charge is -2.30. The summed E-state index contributed by atoms with van der Waals surface area (Å²) in [7, 11) is 0. The standard InChI is InChI=1S/C22H20FNO3/c1-2-26-22(25)20-19(12-9-15-7-10-17(23)11-8-15)27-24-14-13-16-5-3-4-6-18(16)21(20)24/h3-12,21H,2,13-14H2,1H3/b12-9+. The molecule has 2 aliphatic heterocycles. The van der Waals surface area contributed by atoms with Crippen molar-refractivity contribution >= 4 is 12.0 Å². The Bertz CT molecular complexity index is 917. The van der Waals surface area contributed by atoms with Crippen molar-refractivity contribution in [2.45, 2.75) is 19.4 Å². The van der Waals surface area contributed by atoms with Gasteiger partial charge in [-0.15, -0.1) is 5.06 Å². The van der Waals surface area contributed by atoms with Crippen molar-refractivity contribution in [2.24, 2.45) is 0 Å². The zero-order valence-corrected chi connectivity index (χ0v) is 15.0. The molecule has 0 radical (unpaired) electrons. The molecule has 2 aliphatic rings. The van der Waals surface area contributed by atoms with Crippen LogP contribution in [0.15, 0.2) is 65.9 Å². The van der Waals surface area contributed by atoms with Gasteiger partial charge in [-0.25, -0.2) is 9.18 Å². The second-order valence-corrected chi connectivity index (χ2v) is 6.47. The summed E-state index contributed by atoms with van der Waals surface area (Å²) in [5, 5.41) is 1.83. The van der Waals surface area contributed by atoms with Gasteiger partial charge in [0.1, 0.15) is 17.4 Å². The number of allylic oxidation sites excluding steroid dienone is 1. The third kappa shape index (κ3) is 3.38. The molecule has 4 nitrogen and oxygen atoms in total. The van der Waals surface area contributed by atoms with E-state index in [1.807, 2.05) is 23.3 Å². The molecule has 1 unspecified atom stereocenters. The fraction of sp³-hybridized carbons (Fsp3) is 0.227. The molecule has 0 saturated heterocycles. The van der Waals surface area contributed by atoms with Crippen molar-refractivity contribution in [3.63, 3.8) is 0 Å². The SMILES string of the molecule is CCOC(=O)C1=C(/C=C/c2ccc(F)cc2)ON2CCc3ccccc3C12. The first kappa shape index (κ1) is 17.5. The lowest BCUT2D eigenvalue weighted by atomic mass is 9.89. The van der Waals surface area contributed by atoms with Crippen molar-refractivity contribution in [1.82, 2.24) is 5.06 Å². The summed E-state index contributed by atoms with van der Waals surface area (Å²) in [5.41, 5.74) is 3.60. The average Bonchev–Trinajstić information content (AvgIpc) is 3.07. The number of fused-ring (bicyclic) bond motifs is 3. The largest absolute Gasteiger partial charge is 0.462 e. The maximum absolute atomic E-state index is 13.1. The predicted molar refractivity (Wildman–Crippen MR) is 99.8 cm³/mol. The molecular formula is C22H20FNO3. The topological polar surface area (TPSA) is 38.8 Å². The smallest absolute Gasteiger partial charge is 0.339 e. The quantitative estimate of drug-likeness (QED) is 0.761. The first-order chi connectivity index (χ1) is 13.2. The highest BCUT2D eigenvalue weighted by Crippen LogP contribution is 2.43. The van der Waals surface area contributed by atoms with Crippen molar-refractivity contribution in [3.05, 3.63) is 88.4 Å². The Hall–Kier alpha value is -2.92. The first-order valence-corrected chi connectivity index (χ1v) is 9.04. The van der Waals surface area contributed by atoms with E-state index >= 15 is 0 Å². The van der Waals surface area contributed by atoms with Crippen LogP contribution in [0.3, 0.4) is 0 Å². The number of hydrogen-bond acceptors (Lipinski definition) is 4. The second-order valence-electron chi connectivity index (χ2n) is 6.47. The number of carbonyl (C=O) groups is 1. The predicted octanol–water partition coefficient (Wildman–Crippen LogP) is 4.20. The van der Waals surface area contributed by atoms with Gasteiger partial charge in [0.15, 0.2) is 5.76 Å². The Morgan fingerprint density at radius 2 is 2.00 bits per heavy atom. The maximum atomic E-state index is 13.1. The molecule has 138 valence electrons. The van der Waals surface area contributed by atoms with Gasteiger partial charge in [-0.2, -0.15) is 0 Å². The van der Waals surface area contributed by atoms with Crippen LogP contribution in [0, 0.1) is 5.82 Å². The van der Waals surface area contributed by atoms with E-state index in [0.717, 1.165) is 17.5 Å². The number of nitrogens with zero attached hydrogens (tertiary/aromatic N) is 1. The lowest BCUT2D eigenvalue weighted by Crippen LogP contribution is -2.33. The number of benzene rings is 2. The summed E-state index contributed by atoms with van der Waals surface area (Å²) < 4.78 is 18.4. The molecule has 0 fully saturated rings. The maximum Gasteiger partial charge on any atom is 0.339 e. The van der Waals surface area contributed by atoms with Crippen LogP contribution in [0.4, 0.5) is 4.39 Å². The van der Waals surface area contributed by atoms with E-state index < -0.39 is 0 Å². The van der Waals surface area contributed by atoms with Crippen LogP contribution in [0.5, 0.6) is 0 Å². The Morgan fingerprint density at radius 3 is 2.78 bits per heavy atom. The van der Waals surface area contributed by atoms with E-state index in [0.29, 0.717) is 24.5 Å². The van der Waals surface area contributed by atoms with Crippen molar-refractivity contribution < 1.29 is 18.8 Å². The molecule has 1 atom stereocenters. The Kier molecular flexibility index (Phi) is 4.77. The van der Waals surface area contributed by atoms with Gasteiger partial charge < -0.3 is 9.57 Å². The summed E-state index contributed by atoms with van der Waals surface area (Å²) in [6.45, 7) is 2.78. The van der Waals surface area contributed by atoms with Gasteiger partial charge in [-0.3, -0.25) is 0 Å². The van der Waals surface area contributed by atoms with Gasteiger partial charge in [-0.05, 0) is 48.2 Å². The number of hydrogen-bond donors (Lipinski definition) is 0. The molecule has 27 heavy (non-hydrogen) atoms. The molecule has 0 amide bonds. The molecule has 0 aromatic heterocycles.